The minimum atomic E-state index is -0.659. The van der Waals surface area contributed by atoms with Gasteiger partial charge in [-0.05, 0) is 24.3 Å². The van der Waals surface area contributed by atoms with Crippen molar-refractivity contribution in [1.82, 2.24) is 4.98 Å². The first-order chi connectivity index (χ1) is 9.49. The van der Waals surface area contributed by atoms with Gasteiger partial charge in [-0.1, -0.05) is 17.7 Å². The average Bonchev–Trinajstić information content (AvgIpc) is 2.39. The molecule has 2 aromatic rings. The van der Waals surface area contributed by atoms with E-state index in [1.165, 1.54) is 24.4 Å². The molecule has 1 amide bonds. The summed E-state index contributed by atoms with van der Waals surface area (Å²) in [6.45, 7) is 0. The summed E-state index contributed by atoms with van der Waals surface area (Å²) in [5, 5.41) is 2.63. The minimum absolute atomic E-state index is 0.0698. The molecule has 0 aliphatic heterocycles. The van der Waals surface area contributed by atoms with Crippen LogP contribution in [0.15, 0.2) is 36.5 Å². The van der Waals surface area contributed by atoms with Crippen LogP contribution in [-0.4, -0.2) is 25.0 Å². The number of hydrogen-bond acceptors (Lipinski definition) is 3. The quantitative estimate of drug-likeness (QED) is 0.945. The number of anilines is 2. The third-order valence-electron chi connectivity index (χ3n) is 2.65. The summed E-state index contributed by atoms with van der Waals surface area (Å²) in [5.74, 6) is -0.507. The molecule has 1 aromatic carbocycles. The Kier molecular flexibility index (Phi) is 4.20. The SMILES string of the molecule is CN(C)c1ccc(NC(=O)c2c(F)cccc2Cl)cn1. The van der Waals surface area contributed by atoms with Gasteiger partial charge in [-0.2, -0.15) is 0 Å². The zero-order chi connectivity index (χ0) is 14.7. The van der Waals surface area contributed by atoms with Crippen molar-refractivity contribution in [3.05, 3.63) is 52.9 Å². The van der Waals surface area contributed by atoms with Gasteiger partial charge in [0.2, 0.25) is 0 Å². The van der Waals surface area contributed by atoms with Gasteiger partial charge in [0, 0.05) is 14.1 Å². The number of nitrogens with one attached hydrogen (secondary N) is 1. The smallest absolute Gasteiger partial charge is 0.260 e. The van der Waals surface area contributed by atoms with Crippen LogP contribution in [0.2, 0.25) is 5.02 Å². The van der Waals surface area contributed by atoms with Crippen LogP contribution in [-0.2, 0) is 0 Å². The highest BCUT2D eigenvalue weighted by molar-refractivity contribution is 6.34. The third-order valence-corrected chi connectivity index (χ3v) is 2.97. The summed E-state index contributed by atoms with van der Waals surface area (Å²) < 4.78 is 13.6. The molecule has 6 heteroatoms. The standard InChI is InChI=1S/C14H13ClFN3O/c1-19(2)12-7-6-9(8-17-12)18-14(20)13-10(15)4-3-5-11(13)16/h3-8H,1-2H3,(H,18,20). The van der Waals surface area contributed by atoms with E-state index in [9.17, 15) is 9.18 Å². The molecule has 0 aliphatic rings. The molecule has 1 heterocycles. The number of carbonyl (C=O) groups is 1. The maximum absolute atomic E-state index is 13.6. The highest BCUT2D eigenvalue weighted by Crippen LogP contribution is 2.20. The molecule has 0 saturated heterocycles. The van der Waals surface area contributed by atoms with Crippen LogP contribution >= 0.6 is 11.6 Å². The molecular formula is C14H13ClFN3O. The van der Waals surface area contributed by atoms with Gasteiger partial charge in [0.25, 0.3) is 5.91 Å². The Balaban J connectivity index is 2.19. The molecular weight excluding hydrogens is 281 g/mol. The zero-order valence-corrected chi connectivity index (χ0v) is 11.8. The summed E-state index contributed by atoms with van der Waals surface area (Å²) in [6.07, 6.45) is 1.50. The van der Waals surface area contributed by atoms with Gasteiger partial charge in [0.05, 0.1) is 22.5 Å². The zero-order valence-electron chi connectivity index (χ0n) is 11.0. The minimum Gasteiger partial charge on any atom is -0.363 e. The molecule has 104 valence electrons. The number of amides is 1. The van der Waals surface area contributed by atoms with Crippen molar-refractivity contribution in [1.29, 1.82) is 0 Å². The summed E-state index contributed by atoms with van der Waals surface area (Å²) in [5.41, 5.74) is 0.297. The first-order valence-corrected chi connectivity index (χ1v) is 6.25. The van der Waals surface area contributed by atoms with Crippen molar-refractivity contribution in [2.45, 2.75) is 0 Å². The normalized spacial score (nSPS) is 10.2. The topological polar surface area (TPSA) is 45.2 Å². The van der Waals surface area contributed by atoms with Crippen LogP contribution < -0.4 is 10.2 Å². The van der Waals surface area contributed by atoms with Crippen molar-refractivity contribution >= 4 is 29.0 Å². The highest BCUT2D eigenvalue weighted by Gasteiger charge is 2.15. The first-order valence-electron chi connectivity index (χ1n) is 5.88. The number of aromatic nitrogens is 1. The van der Waals surface area contributed by atoms with E-state index < -0.39 is 11.7 Å². The van der Waals surface area contributed by atoms with Crippen LogP contribution in [0.3, 0.4) is 0 Å². The molecule has 0 unspecified atom stereocenters. The fourth-order valence-electron chi connectivity index (χ4n) is 1.63. The van der Waals surface area contributed by atoms with Crippen LogP contribution in [0.25, 0.3) is 0 Å². The lowest BCUT2D eigenvalue weighted by molar-refractivity contribution is 0.102. The second kappa shape index (κ2) is 5.88. The Bertz CT molecular complexity index is 609. The number of benzene rings is 1. The van der Waals surface area contributed by atoms with E-state index >= 15 is 0 Å². The van der Waals surface area contributed by atoms with Crippen molar-refractivity contribution in [2.75, 3.05) is 24.3 Å². The largest absolute Gasteiger partial charge is 0.363 e. The molecule has 0 saturated carbocycles. The van der Waals surface area contributed by atoms with Crippen molar-refractivity contribution < 1.29 is 9.18 Å². The van der Waals surface area contributed by atoms with Gasteiger partial charge in [0.1, 0.15) is 11.6 Å². The van der Waals surface area contributed by atoms with Gasteiger partial charge in [-0.25, -0.2) is 9.37 Å². The maximum Gasteiger partial charge on any atom is 0.260 e. The van der Waals surface area contributed by atoms with E-state index in [0.29, 0.717) is 5.69 Å². The fraction of sp³-hybridized carbons (Fsp3) is 0.143. The molecule has 0 radical (unpaired) electrons. The Morgan fingerprint density at radius 3 is 2.60 bits per heavy atom. The van der Waals surface area contributed by atoms with E-state index in [2.05, 4.69) is 10.3 Å². The summed E-state index contributed by atoms with van der Waals surface area (Å²) in [6, 6.07) is 7.54. The Labute approximate surface area is 121 Å². The number of carbonyl (C=O) groups excluding carboxylic acids is 1. The number of halogens is 2. The van der Waals surface area contributed by atoms with E-state index in [1.807, 2.05) is 19.0 Å². The number of hydrogen-bond donors (Lipinski definition) is 1. The predicted molar refractivity (Wildman–Crippen MR) is 77.9 cm³/mol. The number of pyridine rings is 1. The Morgan fingerprint density at radius 2 is 2.05 bits per heavy atom. The number of nitrogens with zero attached hydrogens (tertiary/aromatic N) is 2. The first kappa shape index (κ1) is 14.3. The Morgan fingerprint density at radius 1 is 1.30 bits per heavy atom. The van der Waals surface area contributed by atoms with Gasteiger partial charge < -0.3 is 10.2 Å². The summed E-state index contributed by atoms with van der Waals surface area (Å²) in [7, 11) is 3.72. The lowest BCUT2D eigenvalue weighted by atomic mass is 10.2. The second-order valence-electron chi connectivity index (χ2n) is 4.35. The van der Waals surface area contributed by atoms with Gasteiger partial charge >= 0.3 is 0 Å². The van der Waals surface area contributed by atoms with Crippen LogP contribution in [0.4, 0.5) is 15.9 Å². The average molecular weight is 294 g/mol. The lowest BCUT2D eigenvalue weighted by Gasteiger charge is -2.12. The van der Waals surface area contributed by atoms with Crippen molar-refractivity contribution in [3.63, 3.8) is 0 Å². The van der Waals surface area contributed by atoms with Gasteiger partial charge in [0.15, 0.2) is 0 Å². The lowest BCUT2D eigenvalue weighted by Crippen LogP contribution is -2.15. The van der Waals surface area contributed by atoms with Gasteiger partial charge in [-0.3, -0.25) is 4.79 Å². The molecule has 0 spiro atoms. The molecule has 1 aromatic heterocycles. The molecule has 0 aliphatic carbocycles. The van der Waals surface area contributed by atoms with Crippen molar-refractivity contribution in [2.24, 2.45) is 0 Å². The van der Waals surface area contributed by atoms with Crippen LogP contribution in [0, 0.1) is 5.82 Å². The van der Waals surface area contributed by atoms with Gasteiger partial charge in [-0.15, -0.1) is 0 Å². The number of rotatable bonds is 3. The van der Waals surface area contributed by atoms with E-state index in [4.69, 9.17) is 11.6 Å². The Hall–Kier alpha value is -2.14. The molecule has 0 fully saturated rings. The van der Waals surface area contributed by atoms with E-state index in [1.54, 1.807) is 12.1 Å². The summed E-state index contributed by atoms with van der Waals surface area (Å²) >= 11 is 5.83. The molecule has 0 bridgehead atoms. The van der Waals surface area contributed by atoms with Crippen LogP contribution in [0.1, 0.15) is 10.4 Å². The predicted octanol–water partition coefficient (Wildman–Crippen LogP) is 3.19. The van der Waals surface area contributed by atoms with E-state index in [-0.39, 0.29) is 10.6 Å². The van der Waals surface area contributed by atoms with E-state index in [0.717, 1.165) is 5.82 Å². The molecule has 2 rings (SSSR count). The molecule has 1 N–H and O–H groups in total. The maximum atomic E-state index is 13.6. The fourth-order valence-corrected chi connectivity index (χ4v) is 1.88. The molecule has 4 nitrogen and oxygen atoms in total. The second-order valence-corrected chi connectivity index (χ2v) is 4.76. The molecule has 0 atom stereocenters. The van der Waals surface area contributed by atoms with Crippen LogP contribution in [0.5, 0.6) is 0 Å². The highest BCUT2D eigenvalue weighted by atomic mass is 35.5. The monoisotopic (exact) mass is 293 g/mol. The van der Waals surface area contributed by atoms with Crippen molar-refractivity contribution in [3.8, 4) is 0 Å². The third kappa shape index (κ3) is 3.05. The summed E-state index contributed by atoms with van der Waals surface area (Å²) in [4.78, 5) is 18.0. The molecule has 20 heavy (non-hydrogen) atoms.